The van der Waals surface area contributed by atoms with E-state index >= 15 is 0 Å². The number of rotatable bonds is 5. The molecule has 20 heavy (non-hydrogen) atoms. The Morgan fingerprint density at radius 1 is 1.40 bits per heavy atom. The number of hydrogen-bond donors (Lipinski definition) is 1. The summed E-state index contributed by atoms with van der Waals surface area (Å²) in [5.41, 5.74) is 1.67. The molecule has 0 atom stereocenters. The number of aromatic nitrogens is 4. The van der Waals surface area contributed by atoms with Crippen LogP contribution in [0.1, 0.15) is 30.1 Å². The van der Waals surface area contributed by atoms with Gasteiger partial charge in [0.25, 0.3) is 0 Å². The Kier molecular flexibility index (Phi) is 3.27. The monoisotopic (exact) mass is 293 g/mol. The molecule has 2 aromatic rings. The van der Waals surface area contributed by atoms with Crippen molar-refractivity contribution >= 4 is 10.0 Å². The molecule has 106 valence electrons. The summed E-state index contributed by atoms with van der Waals surface area (Å²) in [6.45, 7) is 0.152. The molecule has 1 saturated carbocycles. The van der Waals surface area contributed by atoms with E-state index in [1.54, 1.807) is 7.05 Å². The second-order valence-electron chi connectivity index (χ2n) is 4.88. The van der Waals surface area contributed by atoms with Crippen LogP contribution in [-0.2, 0) is 23.6 Å². The first-order valence-corrected chi connectivity index (χ1v) is 7.82. The van der Waals surface area contributed by atoms with Crippen LogP contribution in [0.25, 0.3) is 0 Å². The molecule has 0 saturated heterocycles. The van der Waals surface area contributed by atoms with Crippen molar-refractivity contribution in [3.8, 4) is 0 Å². The molecule has 0 amide bonds. The van der Waals surface area contributed by atoms with Crippen LogP contribution in [0.15, 0.2) is 29.7 Å². The van der Waals surface area contributed by atoms with Crippen molar-refractivity contribution in [3.05, 3.63) is 36.2 Å². The van der Waals surface area contributed by atoms with Crippen molar-refractivity contribution in [2.45, 2.75) is 30.2 Å². The SMILES string of the molecule is Cn1cc(S(=O)(=O)NCc2cc(C3CC3)ncn2)cn1. The Bertz CT molecular complexity index is 721. The highest BCUT2D eigenvalue weighted by Crippen LogP contribution is 2.38. The van der Waals surface area contributed by atoms with Gasteiger partial charge in [-0.25, -0.2) is 23.1 Å². The van der Waals surface area contributed by atoms with Crippen LogP contribution in [-0.4, -0.2) is 28.2 Å². The van der Waals surface area contributed by atoms with Gasteiger partial charge in [0.05, 0.1) is 18.4 Å². The lowest BCUT2D eigenvalue weighted by Crippen LogP contribution is -2.23. The molecule has 3 rings (SSSR count). The molecule has 2 heterocycles. The van der Waals surface area contributed by atoms with Gasteiger partial charge in [-0.1, -0.05) is 0 Å². The van der Waals surface area contributed by atoms with Crippen molar-refractivity contribution in [2.24, 2.45) is 7.05 Å². The molecular weight excluding hydrogens is 278 g/mol. The molecule has 0 unspecified atom stereocenters. The predicted molar refractivity (Wildman–Crippen MR) is 71.2 cm³/mol. The highest BCUT2D eigenvalue weighted by molar-refractivity contribution is 7.89. The lowest BCUT2D eigenvalue weighted by Gasteiger charge is -2.05. The molecule has 0 aliphatic heterocycles. The van der Waals surface area contributed by atoms with Crippen molar-refractivity contribution in [2.75, 3.05) is 0 Å². The van der Waals surface area contributed by atoms with Gasteiger partial charge in [-0.3, -0.25) is 4.68 Å². The average molecular weight is 293 g/mol. The molecule has 1 aliphatic carbocycles. The van der Waals surface area contributed by atoms with Gasteiger partial charge in [0, 0.05) is 24.9 Å². The largest absolute Gasteiger partial charge is 0.274 e. The maximum absolute atomic E-state index is 12.0. The smallest absolute Gasteiger partial charge is 0.244 e. The minimum atomic E-state index is -3.55. The molecule has 0 spiro atoms. The lowest BCUT2D eigenvalue weighted by atomic mass is 10.2. The number of hydrogen-bond acceptors (Lipinski definition) is 5. The fourth-order valence-corrected chi connectivity index (χ4v) is 2.89. The topological polar surface area (TPSA) is 89.8 Å². The second kappa shape index (κ2) is 4.95. The highest BCUT2D eigenvalue weighted by atomic mass is 32.2. The van der Waals surface area contributed by atoms with Crippen molar-refractivity contribution in [3.63, 3.8) is 0 Å². The van der Waals surface area contributed by atoms with E-state index in [1.165, 1.54) is 23.4 Å². The van der Waals surface area contributed by atoms with Gasteiger partial charge in [-0.05, 0) is 18.9 Å². The van der Waals surface area contributed by atoms with Gasteiger partial charge in [0.15, 0.2) is 0 Å². The van der Waals surface area contributed by atoms with Gasteiger partial charge < -0.3 is 0 Å². The quantitative estimate of drug-likeness (QED) is 0.870. The Morgan fingerprint density at radius 2 is 2.20 bits per heavy atom. The Balaban J connectivity index is 1.71. The zero-order chi connectivity index (χ0) is 14.2. The molecule has 0 aromatic carbocycles. The van der Waals surface area contributed by atoms with Crippen molar-refractivity contribution in [1.82, 2.24) is 24.5 Å². The molecule has 1 fully saturated rings. The van der Waals surface area contributed by atoms with E-state index in [2.05, 4.69) is 19.8 Å². The fraction of sp³-hybridized carbons (Fsp3) is 0.417. The first-order chi connectivity index (χ1) is 9.54. The van der Waals surface area contributed by atoms with E-state index in [0.29, 0.717) is 11.6 Å². The number of aryl methyl sites for hydroxylation is 1. The van der Waals surface area contributed by atoms with E-state index < -0.39 is 10.0 Å². The van der Waals surface area contributed by atoms with E-state index in [9.17, 15) is 8.42 Å². The molecule has 1 aliphatic rings. The van der Waals surface area contributed by atoms with Crippen LogP contribution in [0.4, 0.5) is 0 Å². The fourth-order valence-electron chi connectivity index (χ4n) is 1.90. The van der Waals surface area contributed by atoms with Gasteiger partial charge in [0.2, 0.25) is 10.0 Å². The highest BCUT2D eigenvalue weighted by Gasteiger charge is 2.25. The maximum atomic E-state index is 12.0. The molecular formula is C12H15N5O2S. The minimum Gasteiger partial charge on any atom is -0.274 e. The number of nitrogens with one attached hydrogen (secondary N) is 1. The second-order valence-corrected chi connectivity index (χ2v) is 6.65. The first-order valence-electron chi connectivity index (χ1n) is 6.34. The van der Waals surface area contributed by atoms with E-state index in [1.807, 2.05) is 6.07 Å². The summed E-state index contributed by atoms with van der Waals surface area (Å²) in [7, 11) is -1.88. The summed E-state index contributed by atoms with van der Waals surface area (Å²) < 4.78 is 28.1. The van der Waals surface area contributed by atoms with Crippen molar-refractivity contribution < 1.29 is 8.42 Å². The standard InChI is InChI=1S/C12H15N5O2S/c1-17-7-11(6-15-17)20(18,19)16-5-10-4-12(9-2-3-9)14-8-13-10/h4,6-9,16H,2-3,5H2,1H3. The Morgan fingerprint density at radius 3 is 2.85 bits per heavy atom. The van der Waals surface area contributed by atoms with Crippen LogP contribution < -0.4 is 4.72 Å². The average Bonchev–Trinajstić information content (AvgIpc) is 3.19. The molecule has 0 bridgehead atoms. The summed E-state index contributed by atoms with van der Waals surface area (Å²) in [6, 6.07) is 1.86. The molecule has 8 heteroatoms. The van der Waals surface area contributed by atoms with Crippen LogP contribution in [0.2, 0.25) is 0 Å². The Hall–Kier alpha value is -1.80. The minimum absolute atomic E-state index is 0.150. The van der Waals surface area contributed by atoms with Crippen LogP contribution in [0.3, 0.4) is 0 Å². The molecule has 7 nitrogen and oxygen atoms in total. The number of sulfonamides is 1. The summed E-state index contributed by atoms with van der Waals surface area (Å²) in [4.78, 5) is 8.45. The Labute approximate surface area is 117 Å². The van der Waals surface area contributed by atoms with E-state index in [0.717, 1.165) is 18.5 Å². The molecule has 0 radical (unpaired) electrons. The van der Waals surface area contributed by atoms with Crippen LogP contribution in [0.5, 0.6) is 0 Å². The zero-order valence-corrected chi connectivity index (χ0v) is 11.8. The summed E-state index contributed by atoms with van der Waals surface area (Å²) in [5, 5.41) is 3.86. The van der Waals surface area contributed by atoms with Crippen molar-refractivity contribution in [1.29, 1.82) is 0 Å². The molecule has 1 N–H and O–H groups in total. The third-order valence-corrected chi connectivity index (χ3v) is 4.53. The van der Waals surface area contributed by atoms with Gasteiger partial charge in [-0.2, -0.15) is 5.10 Å². The van der Waals surface area contributed by atoms with E-state index in [4.69, 9.17) is 0 Å². The number of nitrogens with zero attached hydrogens (tertiary/aromatic N) is 4. The maximum Gasteiger partial charge on any atom is 0.244 e. The van der Waals surface area contributed by atoms with Gasteiger partial charge in [0.1, 0.15) is 11.2 Å². The first kappa shape index (κ1) is 13.2. The zero-order valence-electron chi connectivity index (χ0n) is 11.0. The van der Waals surface area contributed by atoms with Crippen LogP contribution >= 0.6 is 0 Å². The summed E-state index contributed by atoms with van der Waals surface area (Å²) >= 11 is 0. The normalized spacial score (nSPS) is 15.4. The van der Waals surface area contributed by atoms with E-state index in [-0.39, 0.29) is 11.4 Å². The van der Waals surface area contributed by atoms with Crippen LogP contribution in [0, 0.1) is 0 Å². The van der Waals surface area contributed by atoms with Gasteiger partial charge >= 0.3 is 0 Å². The summed E-state index contributed by atoms with van der Waals surface area (Å²) in [6.07, 6.45) is 6.56. The third kappa shape index (κ3) is 2.86. The predicted octanol–water partition coefficient (Wildman–Crippen LogP) is 0.566. The summed E-state index contributed by atoms with van der Waals surface area (Å²) in [5.74, 6) is 0.520. The molecule has 2 aromatic heterocycles. The van der Waals surface area contributed by atoms with Gasteiger partial charge in [-0.15, -0.1) is 0 Å². The third-order valence-electron chi connectivity index (χ3n) is 3.18. The lowest BCUT2D eigenvalue weighted by molar-refractivity contribution is 0.580.